The number of hydrogen-bond acceptors (Lipinski definition) is 4. The van der Waals surface area contributed by atoms with Gasteiger partial charge in [-0.3, -0.25) is 0 Å². The maximum absolute atomic E-state index is 9.33. The van der Waals surface area contributed by atoms with E-state index in [9.17, 15) is 10.2 Å². The Morgan fingerprint density at radius 3 is 2.44 bits per heavy atom. The molecule has 1 fully saturated rings. The Kier molecular flexibility index (Phi) is 3.03. The van der Waals surface area contributed by atoms with Crippen LogP contribution in [0.15, 0.2) is 18.2 Å². The lowest BCUT2D eigenvalue weighted by molar-refractivity contribution is 0.0872. The molecule has 4 nitrogen and oxygen atoms in total. The van der Waals surface area contributed by atoms with Gasteiger partial charge in [-0.1, -0.05) is 6.07 Å². The molecular formula is C12H17NO3. The Hall–Kier alpha value is -1.26. The molecule has 1 aliphatic carbocycles. The molecule has 4 N–H and O–H groups in total. The number of hydrogen-bond donors (Lipinski definition) is 4. The first-order valence-electron chi connectivity index (χ1n) is 5.52. The molecule has 0 heterocycles. The fourth-order valence-corrected chi connectivity index (χ4v) is 1.96. The summed E-state index contributed by atoms with van der Waals surface area (Å²) in [6.45, 7) is 0.742. The number of phenolic OH excluding ortho intramolecular Hbond substituents is 2. The Morgan fingerprint density at radius 1 is 1.19 bits per heavy atom. The maximum atomic E-state index is 9.33. The van der Waals surface area contributed by atoms with E-state index in [0.717, 1.165) is 24.8 Å². The zero-order valence-electron chi connectivity index (χ0n) is 9.11. The number of aromatic hydroxyl groups is 2. The molecule has 0 spiro atoms. The zero-order chi connectivity index (χ0) is 11.6. The highest BCUT2D eigenvalue weighted by Crippen LogP contribution is 2.32. The van der Waals surface area contributed by atoms with E-state index >= 15 is 0 Å². The summed E-state index contributed by atoms with van der Waals surface area (Å²) in [6, 6.07) is 4.76. The van der Waals surface area contributed by atoms with Crippen molar-refractivity contribution in [2.45, 2.75) is 31.3 Å². The van der Waals surface area contributed by atoms with Gasteiger partial charge in [0.2, 0.25) is 0 Å². The molecule has 88 valence electrons. The van der Waals surface area contributed by atoms with Crippen molar-refractivity contribution < 1.29 is 15.3 Å². The minimum atomic E-state index is -0.131. The second-order valence-electron chi connectivity index (χ2n) is 4.47. The summed E-state index contributed by atoms with van der Waals surface area (Å²) >= 11 is 0. The summed E-state index contributed by atoms with van der Waals surface area (Å²) in [6.07, 6.45) is 3.13. The molecule has 0 aliphatic heterocycles. The van der Waals surface area contributed by atoms with Gasteiger partial charge in [-0.25, -0.2) is 0 Å². The van der Waals surface area contributed by atoms with Crippen LogP contribution in [-0.2, 0) is 6.54 Å². The monoisotopic (exact) mass is 223 g/mol. The van der Waals surface area contributed by atoms with E-state index in [1.165, 1.54) is 12.1 Å². The highest BCUT2D eigenvalue weighted by molar-refractivity contribution is 5.40. The highest BCUT2D eigenvalue weighted by Gasteiger charge is 2.35. The molecule has 0 aromatic heterocycles. The first-order valence-corrected chi connectivity index (χ1v) is 5.52. The smallest absolute Gasteiger partial charge is 0.157 e. The van der Waals surface area contributed by atoms with Gasteiger partial charge >= 0.3 is 0 Å². The summed E-state index contributed by atoms with van der Waals surface area (Å²) in [5.41, 5.74) is 0.767. The molecule has 1 aromatic rings. The van der Waals surface area contributed by atoms with Crippen molar-refractivity contribution >= 4 is 0 Å². The van der Waals surface area contributed by atoms with Crippen LogP contribution in [0.1, 0.15) is 24.8 Å². The van der Waals surface area contributed by atoms with Crippen molar-refractivity contribution in [1.82, 2.24) is 5.32 Å². The minimum absolute atomic E-state index is 0.106. The van der Waals surface area contributed by atoms with Crippen LogP contribution >= 0.6 is 0 Å². The number of aliphatic hydroxyl groups excluding tert-OH is 1. The number of aliphatic hydroxyl groups is 1. The Labute approximate surface area is 94.5 Å². The van der Waals surface area contributed by atoms with Gasteiger partial charge in [-0.15, -0.1) is 0 Å². The molecule has 0 radical (unpaired) electrons. The van der Waals surface area contributed by atoms with Crippen molar-refractivity contribution in [1.29, 1.82) is 0 Å². The summed E-state index contributed by atoms with van der Waals surface area (Å²) in [5.74, 6) is -0.213. The second kappa shape index (κ2) is 4.31. The fraction of sp³-hybridized carbons (Fsp3) is 0.500. The van der Waals surface area contributed by atoms with E-state index in [1.54, 1.807) is 6.07 Å². The van der Waals surface area contributed by atoms with Gasteiger partial charge in [0, 0.05) is 12.1 Å². The standard InChI is InChI=1S/C12H17NO3/c14-8-12(4-1-5-12)13-7-9-2-3-10(15)11(16)6-9/h2-3,6,13-16H,1,4-5,7-8H2. The molecule has 4 heteroatoms. The highest BCUT2D eigenvalue weighted by atomic mass is 16.3. The second-order valence-corrected chi connectivity index (χ2v) is 4.47. The van der Waals surface area contributed by atoms with Crippen LogP contribution in [0, 0.1) is 0 Å². The SMILES string of the molecule is OCC1(NCc2ccc(O)c(O)c2)CCC1. The molecule has 2 rings (SSSR count). The van der Waals surface area contributed by atoms with Crippen LogP contribution in [-0.4, -0.2) is 27.5 Å². The van der Waals surface area contributed by atoms with Gasteiger partial charge in [-0.05, 0) is 37.0 Å². The normalized spacial score (nSPS) is 18.1. The van der Waals surface area contributed by atoms with Crippen molar-refractivity contribution in [3.05, 3.63) is 23.8 Å². The molecule has 0 bridgehead atoms. The van der Waals surface area contributed by atoms with Crippen LogP contribution in [0.4, 0.5) is 0 Å². The third-order valence-corrected chi connectivity index (χ3v) is 3.32. The lowest BCUT2D eigenvalue weighted by Gasteiger charge is -2.41. The molecular weight excluding hydrogens is 206 g/mol. The van der Waals surface area contributed by atoms with E-state index in [0.29, 0.717) is 6.54 Å². The first-order chi connectivity index (χ1) is 7.65. The van der Waals surface area contributed by atoms with E-state index in [-0.39, 0.29) is 23.6 Å². The quantitative estimate of drug-likeness (QED) is 0.577. The Balaban J connectivity index is 1.96. The van der Waals surface area contributed by atoms with Gasteiger partial charge in [0.05, 0.1) is 6.61 Å². The summed E-state index contributed by atoms with van der Waals surface area (Å²) in [4.78, 5) is 0. The molecule has 0 atom stereocenters. The molecule has 16 heavy (non-hydrogen) atoms. The number of benzene rings is 1. The third kappa shape index (κ3) is 2.13. The average Bonchev–Trinajstić information content (AvgIpc) is 2.22. The predicted octanol–water partition coefficient (Wildman–Crippen LogP) is 1.10. The third-order valence-electron chi connectivity index (χ3n) is 3.32. The van der Waals surface area contributed by atoms with Crippen LogP contribution in [0.3, 0.4) is 0 Å². The van der Waals surface area contributed by atoms with Gasteiger partial charge in [0.15, 0.2) is 11.5 Å². The maximum Gasteiger partial charge on any atom is 0.157 e. The summed E-state index contributed by atoms with van der Waals surface area (Å²) < 4.78 is 0. The molecule has 1 saturated carbocycles. The molecule has 0 amide bonds. The zero-order valence-corrected chi connectivity index (χ0v) is 9.11. The lowest BCUT2D eigenvalue weighted by atomic mass is 9.77. The largest absolute Gasteiger partial charge is 0.504 e. The van der Waals surface area contributed by atoms with Gasteiger partial charge in [-0.2, -0.15) is 0 Å². The topological polar surface area (TPSA) is 72.7 Å². The van der Waals surface area contributed by atoms with E-state index < -0.39 is 0 Å². The van der Waals surface area contributed by atoms with Gasteiger partial charge in [0.1, 0.15) is 0 Å². The van der Waals surface area contributed by atoms with Gasteiger partial charge in [0.25, 0.3) is 0 Å². The number of rotatable bonds is 4. The summed E-state index contributed by atoms with van der Waals surface area (Å²) in [7, 11) is 0. The van der Waals surface area contributed by atoms with E-state index in [4.69, 9.17) is 5.11 Å². The fourth-order valence-electron chi connectivity index (χ4n) is 1.96. The minimum Gasteiger partial charge on any atom is -0.504 e. The lowest BCUT2D eigenvalue weighted by Crippen LogP contribution is -2.53. The van der Waals surface area contributed by atoms with Crippen LogP contribution in [0.25, 0.3) is 0 Å². The molecule has 0 unspecified atom stereocenters. The van der Waals surface area contributed by atoms with Crippen molar-refractivity contribution in [3.8, 4) is 11.5 Å². The first kappa shape index (κ1) is 11.2. The van der Waals surface area contributed by atoms with E-state index in [1.807, 2.05) is 0 Å². The van der Waals surface area contributed by atoms with Crippen LogP contribution < -0.4 is 5.32 Å². The van der Waals surface area contributed by atoms with Crippen LogP contribution in [0.2, 0.25) is 0 Å². The van der Waals surface area contributed by atoms with Crippen LogP contribution in [0.5, 0.6) is 11.5 Å². The molecule has 0 saturated heterocycles. The number of phenols is 2. The molecule has 1 aliphatic rings. The van der Waals surface area contributed by atoms with Gasteiger partial charge < -0.3 is 20.6 Å². The van der Waals surface area contributed by atoms with Crippen molar-refractivity contribution in [2.24, 2.45) is 0 Å². The predicted molar refractivity (Wildman–Crippen MR) is 60.3 cm³/mol. The molecule has 1 aromatic carbocycles. The van der Waals surface area contributed by atoms with E-state index in [2.05, 4.69) is 5.32 Å². The summed E-state index contributed by atoms with van der Waals surface area (Å²) in [5, 5.41) is 31.1. The Morgan fingerprint density at radius 2 is 1.94 bits per heavy atom. The Bertz CT molecular complexity index is 369. The van der Waals surface area contributed by atoms with Crippen molar-refractivity contribution in [3.63, 3.8) is 0 Å². The van der Waals surface area contributed by atoms with Crippen molar-refractivity contribution in [2.75, 3.05) is 6.61 Å². The number of nitrogens with one attached hydrogen (secondary N) is 1. The average molecular weight is 223 g/mol.